The second kappa shape index (κ2) is 2.42. The lowest BCUT2D eigenvalue weighted by atomic mass is 10.4. The Morgan fingerprint density at radius 3 is 2.82 bits per heavy atom. The third-order valence-electron chi connectivity index (χ3n) is 1.58. The number of H-pyrrole nitrogens is 1. The number of rotatable bonds is 2. The van der Waals surface area contributed by atoms with Crippen molar-refractivity contribution in [3.8, 4) is 5.75 Å². The van der Waals surface area contributed by atoms with Crippen LogP contribution in [0.5, 0.6) is 5.75 Å². The second-order valence-electron chi connectivity index (χ2n) is 2.71. The van der Waals surface area contributed by atoms with Crippen LogP contribution in [0.4, 0.5) is 0 Å². The maximum Gasteiger partial charge on any atom is 0.248 e. The summed E-state index contributed by atoms with van der Waals surface area (Å²) in [5.41, 5.74) is -0.0897. The summed E-state index contributed by atoms with van der Waals surface area (Å²) < 4.78 is 5.41. The predicted octanol–water partition coefficient (Wildman–Crippen LogP) is 0.916. The van der Waals surface area contributed by atoms with E-state index in [1.807, 2.05) is 0 Å². The van der Waals surface area contributed by atoms with Gasteiger partial charge in [-0.2, -0.15) is 0 Å². The van der Waals surface area contributed by atoms with Crippen LogP contribution in [0.25, 0.3) is 0 Å². The topological polar surface area (TPSA) is 42.1 Å². The van der Waals surface area contributed by atoms with E-state index in [2.05, 4.69) is 4.98 Å². The van der Waals surface area contributed by atoms with Crippen molar-refractivity contribution in [2.45, 2.75) is 18.9 Å². The summed E-state index contributed by atoms with van der Waals surface area (Å²) in [6, 6.07) is 3.16. The summed E-state index contributed by atoms with van der Waals surface area (Å²) in [5, 5.41) is 0. The van der Waals surface area contributed by atoms with Crippen LogP contribution in [0.2, 0.25) is 0 Å². The third-order valence-corrected chi connectivity index (χ3v) is 1.58. The molecule has 0 aromatic carbocycles. The van der Waals surface area contributed by atoms with E-state index in [1.165, 1.54) is 6.07 Å². The van der Waals surface area contributed by atoms with Gasteiger partial charge >= 0.3 is 0 Å². The van der Waals surface area contributed by atoms with E-state index in [9.17, 15) is 4.79 Å². The first kappa shape index (κ1) is 6.46. The van der Waals surface area contributed by atoms with E-state index in [0.717, 1.165) is 18.6 Å². The van der Waals surface area contributed by atoms with Crippen LogP contribution < -0.4 is 10.3 Å². The van der Waals surface area contributed by atoms with E-state index < -0.39 is 0 Å². The number of aromatic amines is 1. The SMILES string of the molecule is O=c1ccc(OC2CC2)c[nH]1. The standard InChI is InChI=1S/C8H9NO2/c10-8-4-3-7(5-9-8)11-6-1-2-6/h3-6H,1-2H2,(H,9,10). The van der Waals surface area contributed by atoms with Gasteiger partial charge in [0.1, 0.15) is 5.75 Å². The Hall–Kier alpha value is -1.25. The number of aromatic nitrogens is 1. The molecule has 0 aliphatic heterocycles. The molecule has 0 unspecified atom stereocenters. The lowest BCUT2D eigenvalue weighted by Gasteiger charge is -2.00. The van der Waals surface area contributed by atoms with Crippen molar-refractivity contribution >= 4 is 0 Å². The summed E-state index contributed by atoms with van der Waals surface area (Å²) in [6.07, 6.45) is 4.26. The highest BCUT2D eigenvalue weighted by Crippen LogP contribution is 2.25. The van der Waals surface area contributed by atoms with Gasteiger partial charge in [0.2, 0.25) is 5.56 Å². The van der Waals surface area contributed by atoms with Crippen LogP contribution in [0.1, 0.15) is 12.8 Å². The molecule has 0 bridgehead atoms. The molecule has 0 spiro atoms. The van der Waals surface area contributed by atoms with Gasteiger partial charge in [0.15, 0.2) is 0 Å². The van der Waals surface area contributed by atoms with E-state index in [0.29, 0.717) is 6.10 Å². The van der Waals surface area contributed by atoms with Crippen molar-refractivity contribution in [2.75, 3.05) is 0 Å². The zero-order valence-electron chi connectivity index (χ0n) is 6.04. The highest BCUT2D eigenvalue weighted by molar-refractivity contribution is 5.16. The molecule has 3 nitrogen and oxygen atoms in total. The molecule has 3 heteroatoms. The van der Waals surface area contributed by atoms with Crippen LogP contribution in [0, 0.1) is 0 Å². The van der Waals surface area contributed by atoms with Crippen LogP contribution in [0.15, 0.2) is 23.1 Å². The Balaban J connectivity index is 2.11. The minimum atomic E-state index is -0.0897. The molecular weight excluding hydrogens is 142 g/mol. The van der Waals surface area contributed by atoms with Gasteiger partial charge < -0.3 is 9.72 Å². The van der Waals surface area contributed by atoms with Crippen molar-refractivity contribution in [2.24, 2.45) is 0 Å². The normalized spacial score (nSPS) is 16.4. The van der Waals surface area contributed by atoms with Crippen LogP contribution in [0.3, 0.4) is 0 Å². The first-order valence-electron chi connectivity index (χ1n) is 3.70. The third kappa shape index (κ3) is 1.61. The number of ether oxygens (including phenoxy) is 1. The summed E-state index contributed by atoms with van der Waals surface area (Å²) >= 11 is 0. The highest BCUT2D eigenvalue weighted by Gasteiger charge is 2.23. The van der Waals surface area contributed by atoms with E-state index in [1.54, 1.807) is 12.3 Å². The lowest BCUT2D eigenvalue weighted by Crippen LogP contribution is -2.03. The molecule has 0 atom stereocenters. The van der Waals surface area contributed by atoms with Gasteiger partial charge in [-0.25, -0.2) is 0 Å². The molecule has 1 aliphatic carbocycles. The molecule has 1 saturated carbocycles. The maximum absolute atomic E-state index is 10.6. The Kier molecular flexibility index (Phi) is 1.42. The number of hydrogen-bond acceptors (Lipinski definition) is 2. The van der Waals surface area contributed by atoms with E-state index in [4.69, 9.17) is 4.74 Å². The predicted molar refractivity (Wildman–Crippen MR) is 40.7 cm³/mol. The molecule has 1 aromatic rings. The Morgan fingerprint density at radius 1 is 1.45 bits per heavy atom. The minimum Gasteiger partial charge on any atom is -0.489 e. The van der Waals surface area contributed by atoms with Gasteiger partial charge in [-0.1, -0.05) is 0 Å². The average Bonchev–Trinajstić information content (AvgIpc) is 2.78. The molecule has 1 heterocycles. The first-order chi connectivity index (χ1) is 5.34. The summed E-state index contributed by atoms with van der Waals surface area (Å²) in [5.74, 6) is 0.757. The summed E-state index contributed by atoms with van der Waals surface area (Å²) in [4.78, 5) is 13.2. The zero-order chi connectivity index (χ0) is 7.68. The van der Waals surface area contributed by atoms with E-state index >= 15 is 0 Å². The Bertz CT molecular complexity index is 281. The molecule has 0 radical (unpaired) electrons. The maximum atomic E-state index is 10.6. The van der Waals surface area contributed by atoms with Gasteiger partial charge in [-0.3, -0.25) is 4.79 Å². The average molecular weight is 151 g/mol. The molecule has 1 fully saturated rings. The molecule has 11 heavy (non-hydrogen) atoms. The summed E-state index contributed by atoms with van der Waals surface area (Å²) in [7, 11) is 0. The molecule has 1 aliphatic rings. The quantitative estimate of drug-likeness (QED) is 0.682. The minimum absolute atomic E-state index is 0.0897. The summed E-state index contributed by atoms with van der Waals surface area (Å²) in [6.45, 7) is 0. The fourth-order valence-corrected chi connectivity index (χ4v) is 0.848. The number of hydrogen-bond donors (Lipinski definition) is 1. The first-order valence-corrected chi connectivity index (χ1v) is 3.70. The van der Waals surface area contributed by atoms with Gasteiger partial charge in [0.05, 0.1) is 6.10 Å². The van der Waals surface area contributed by atoms with Crippen molar-refractivity contribution in [3.63, 3.8) is 0 Å². The number of pyridine rings is 1. The van der Waals surface area contributed by atoms with Crippen LogP contribution in [-0.2, 0) is 0 Å². The van der Waals surface area contributed by atoms with Crippen LogP contribution >= 0.6 is 0 Å². The monoisotopic (exact) mass is 151 g/mol. The van der Waals surface area contributed by atoms with Crippen molar-refractivity contribution in [3.05, 3.63) is 28.7 Å². The second-order valence-corrected chi connectivity index (χ2v) is 2.71. The van der Waals surface area contributed by atoms with Gasteiger partial charge in [-0.15, -0.1) is 0 Å². The molecule has 0 amide bonds. The number of nitrogens with one attached hydrogen (secondary N) is 1. The van der Waals surface area contributed by atoms with Crippen molar-refractivity contribution in [1.82, 2.24) is 4.98 Å². The fraction of sp³-hybridized carbons (Fsp3) is 0.375. The van der Waals surface area contributed by atoms with E-state index in [-0.39, 0.29) is 5.56 Å². The molecule has 0 saturated heterocycles. The fourth-order valence-electron chi connectivity index (χ4n) is 0.848. The van der Waals surface area contributed by atoms with Gasteiger partial charge in [0, 0.05) is 12.3 Å². The van der Waals surface area contributed by atoms with Crippen LogP contribution in [-0.4, -0.2) is 11.1 Å². The van der Waals surface area contributed by atoms with Gasteiger partial charge in [0.25, 0.3) is 0 Å². The van der Waals surface area contributed by atoms with Gasteiger partial charge in [-0.05, 0) is 18.9 Å². The zero-order valence-corrected chi connectivity index (χ0v) is 6.04. The lowest BCUT2D eigenvalue weighted by molar-refractivity contribution is 0.302. The van der Waals surface area contributed by atoms with Crippen molar-refractivity contribution < 1.29 is 4.74 Å². The molecule has 1 aromatic heterocycles. The molecule has 2 rings (SSSR count). The highest BCUT2D eigenvalue weighted by atomic mass is 16.5. The molecule has 58 valence electrons. The van der Waals surface area contributed by atoms with Crippen molar-refractivity contribution in [1.29, 1.82) is 0 Å². The molecular formula is C8H9NO2. The largest absolute Gasteiger partial charge is 0.489 e. The molecule has 1 N–H and O–H groups in total. The Labute approximate surface area is 64.0 Å². The Morgan fingerprint density at radius 2 is 2.27 bits per heavy atom. The smallest absolute Gasteiger partial charge is 0.248 e.